The summed E-state index contributed by atoms with van der Waals surface area (Å²) in [4.78, 5) is 15.7. The Bertz CT molecular complexity index is 1310. The van der Waals surface area contributed by atoms with Crippen molar-refractivity contribution in [1.82, 2.24) is 4.98 Å². The highest BCUT2D eigenvalue weighted by Gasteiger charge is 2.20. The Labute approximate surface area is 149 Å². The minimum atomic E-state index is -0.361. The Balaban J connectivity index is 1.97. The topological polar surface area (TPSA) is 56.0 Å². The number of hydrogen-bond donors (Lipinski definition) is 0. The summed E-state index contributed by atoms with van der Waals surface area (Å²) >= 11 is 0. The molecular weight excluding hydrogens is 324 g/mol. The highest BCUT2D eigenvalue weighted by molar-refractivity contribution is 6.25. The monoisotopic (exact) mass is 338 g/mol. The van der Waals surface area contributed by atoms with Gasteiger partial charge in [0.05, 0.1) is 4.92 Å². The lowest BCUT2D eigenvalue weighted by Gasteiger charge is -2.14. The van der Waals surface area contributed by atoms with E-state index in [-0.39, 0.29) is 10.6 Å². The summed E-state index contributed by atoms with van der Waals surface area (Å²) in [5.74, 6) is 0. The lowest BCUT2D eigenvalue weighted by atomic mass is 9.91. The minimum Gasteiger partial charge on any atom is -0.258 e. The maximum absolute atomic E-state index is 11.5. The van der Waals surface area contributed by atoms with Gasteiger partial charge in [-0.15, -0.1) is 0 Å². The maximum Gasteiger partial charge on any atom is 0.295 e. The molecule has 0 aliphatic rings. The van der Waals surface area contributed by atoms with Crippen LogP contribution in [-0.2, 0) is 0 Å². The summed E-state index contributed by atoms with van der Waals surface area (Å²) in [6.07, 6.45) is 0. The Kier molecular flexibility index (Phi) is 2.97. The van der Waals surface area contributed by atoms with Gasteiger partial charge in [0.15, 0.2) is 0 Å². The van der Waals surface area contributed by atoms with Gasteiger partial charge in [-0.05, 0) is 45.3 Å². The lowest BCUT2D eigenvalue weighted by Crippen LogP contribution is -1.97. The van der Waals surface area contributed by atoms with Crippen molar-refractivity contribution in [2.75, 3.05) is 0 Å². The van der Waals surface area contributed by atoms with Crippen LogP contribution in [0.25, 0.3) is 43.6 Å². The Morgan fingerprint density at radius 3 is 2.19 bits per heavy atom. The number of rotatable bonds is 2. The van der Waals surface area contributed by atoms with Gasteiger partial charge in [-0.25, -0.2) is 4.98 Å². The van der Waals surface area contributed by atoms with Crippen LogP contribution in [0, 0.1) is 17.0 Å². The minimum absolute atomic E-state index is 0.0330. The normalized spacial score (nSPS) is 11.6. The van der Waals surface area contributed by atoms with Crippen LogP contribution >= 0.6 is 0 Å². The van der Waals surface area contributed by atoms with E-state index in [0.29, 0.717) is 5.69 Å². The molecule has 0 aliphatic heterocycles. The molecule has 0 N–H and O–H groups in total. The van der Waals surface area contributed by atoms with Crippen LogP contribution in [0.3, 0.4) is 0 Å². The smallest absolute Gasteiger partial charge is 0.258 e. The van der Waals surface area contributed by atoms with E-state index in [4.69, 9.17) is 0 Å². The molecule has 0 saturated heterocycles. The largest absolute Gasteiger partial charge is 0.295 e. The maximum atomic E-state index is 11.5. The van der Waals surface area contributed by atoms with Gasteiger partial charge in [0.25, 0.3) is 5.69 Å². The van der Waals surface area contributed by atoms with Crippen molar-refractivity contribution in [3.8, 4) is 11.3 Å². The molecule has 0 bridgehead atoms. The van der Waals surface area contributed by atoms with Crippen LogP contribution in [0.15, 0.2) is 66.7 Å². The summed E-state index contributed by atoms with van der Waals surface area (Å²) in [5, 5.41) is 18.3. The van der Waals surface area contributed by atoms with Crippen LogP contribution in [0.2, 0.25) is 0 Å². The molecule has 0 amide bonds. The molecule has 1 heterocycles. The number of aromatic nitrogens is 1. The number of pyridine rings is 1. The quantitative estimate of drug-likeness (QED) is 0.230. The number of nitrogens with zero attached hydrogens (tertiary/aromatic N) is 2. The van der Waals surface area contributed by atoms with Crippen LogP contribution < -0.4 is 0 Å². The van der Waals surface area contributed by atoms with E-state index in [1.807, 2.05) is 25.1 Å². The van der Waals surface area contributed by atoms with Gasteiger partial charge in [0.1, 0.15) is 5.69 Å². The molecule has 4 heteroatoms. The summed E-state index contributed by atoms with van der Waals surface area (Å²) in [7, 11) is 0. The van der Waals surface area contributed by atoms with Crippen molar-refractivity contribution in [1.29, 1.82) is 0 Å². The van der Waals surface area contributed by atoms with Gasteiger partial charge in [0, 0.05) is 17.3 Å². The van der Waals surface area contributed by atoms with Gasteiger partial charge in [-0.1, -0.05) is 54.6 Å². The lowest BCUT2D eigenvalue weighted by molar-refractivity contribution is -0.384. The molecule has 0 atom stereocenters. The predicted molar refractivity (Wildman–Crippen MR) is 105 cm³/mol. The van der Waals surface area contributed by atoms with Crippen molar-refractivity contribution in [3.63, 3.8) is 0 Å². The summed E-state index contributed by atoms with van der Waals surface area (Å²) in [6.45, 7) is 1.85. The molecule has 5 aromatic rings. The van der Waals surface area contributed by atoms with E-state index in [9.17, 15) is 10.1 Å². The van der Waals surface area contributed by atoms with Crippen molar-refractivity contribution < 1.29 is 4.92 Å². The zero-order chi connectivity index (χ0) is 17.8. The molecule has 26 heavy (non-hydrogen) atoms. The average molecular weight is 338 g/mol. The van der Waals surface area contributed by atoms with Crippen LogP contribution in [0.1, 0.15) is 5.69 Å². The predicted octanol–water partition coefficient (Wildman–Crippen LogP) is 5.86. The molecule has 0 unspecified atom stereocenters. The first-order valence-electron chi connectivity index (χ1n) is 8.42. The van der Waals surface area contributed by atoms with E-state index < -0.39 is 0 Å². The fourth-order valence-electron chi connectivity index (χ4n) is 3.84. The van der Waals surface area contributed by atoms with Gasteiger partial charge in [-0.3, -0.25) is 10.1 Å². The first kappa shape index (κ1) is 14.8. The first-order valence-corrected chi connectivity index (χ1v) is 8.42. The van der Waals surface area contributed by atoms with Crippen LogP contribution in [-0.4, -0.2) is 9.91 Å². The van der Waals surface area contributed by atoms with Gasteiger partial charge < -0.3 is 0 Å². The van der Waals surface area contributed by atoms with Crippen molar-refractivity contribution in [2.45, 2.75) is 6.92 Å². The zero-order valence-corrected chi connectivity index (χ0v) is 14.1. The average Bonchev–Trinajstić information content (AvgIpc) is 2.65. The molecule has 0 spiro atoms. The Morgan fingerprint density at radius 1 is 0.808 bits per heavy atom. The highest BCUT2D eigenvalue weighted by atomic mass is 16.6. The zero-order valence-electron chi connectivity index (χ0n) is 14.1. The first-order chi connectivity index (χ1) is 12.6. The third-order valence-electron chi connectivity index (χ3n) is 4.99. The second-order valence-electron chi connectivity index (χ2n) is 6.55. The van der Waals surface area contributed by atoms with Crippen molar-refractivity contribution in [3.05, 3.63) is 82.5 Å². The second kappa shape index (κ2) is 5.23. The molecule has 4 aromatic carbocycles. The van der Waals surface area contributed by atoms with Crippen LogP contribution in [0.4, 0.5) is 5.69 Å². The van der Waals surface area contributed by atoms with Crippen molar-refractivity contribution >= 4 is 38.0 Å². The molecule has 0 radical (unpaired) electrons. The SMILES string of the molecule is Cc1ccc([N+](=O)[O-])c(-c2ccc3ccc4cccc5ccc2c3c45)n1. The van der Waals surface area contributed by atoms with E-state index in [1.54, 1.807) is 6.07 Å². The van der Waals surface area contributed by atoms with E-state index >= 15 is 0 Å². The second-order valence-corrected chi connectivity index (χ2v) is 6.55. The molecule has 4 nitrogen and oxygen atoms in total. The summed E-state index contributed by atoms with van der Waals surface area (Å²) < 4.78 is 0. The molecular formula is C22H14N2O2. The van der Waals surface area contributed by atoms with Crippen molar-refractivity contribution in [2.24, 2.45) is 0 Å². The van der Waals surface area contributed by atoms with Gasteiger partial charge in [-0.2, -0.15) is 0 Å². The number of aryl methyl sites for hydroxylation is 1. The highest BCUT2D eigenvalue weighted by Crippen LogP contribution is 2.40. The summed E-state index contributed by atoms with van der Waals surface area (Å²) in [6, 6.07) is 21.8. The van der Waals surface area contributed by atoms with E-state index in [1.165, 1.54) is 22.2 Å². The standard InChI is InChI=1S/C22H14N2O2/c1-13-5-12-19(24(25)26)22(23-13)18-11-9-16-7-6-14-3-2-4-15-8-10-17(18)21(16)20(14)15/h2-12H,1H3. The number of hydrogen-bond acceptors (Lipinski definition) is 3. The van der Waals surface area contributed by atoms with E-state index in [0.717, 1.165) is 27.4 Å². The molecule has 5 rings (SSSR count). The van der Waals surface area contributed by atoms with Crippen LogP contribution in [0.5, 0.6) is 0 Å². The fraction of sp³-hybridized carbons (Fsp3) is 0.0455. The summed E-state index contributed by atoms with van der Waals surface area (Å²) in [5.41, 5.74) is 2.01. The third kappa shape index (κ3) is 1.99. The van der Waals surface area contributed by atoms with Gasteiger partial charge in [0.2, 0.25) is 0 Å². The third-order valence-corrected chi connectivity index (χ3v) is 4.99. The Hall–Kier alpha value is -3.53. The molecule has 0 fully saturated rings. The fourth-order valence-corrected chi connectivity index (χ4v) is 3.84. The molecule has 0 aliphatic carbocycles. The number of nitro groups is 1. The molecule has 0 saturated carbocycles. The molecule has 124 valence electrons. The van der Waals surface area contributed by atoms with E-state index in [2.05, 4.69) is 41.4 Å². The number of benzene rings is 4. The molecule has 1 aromatic heterocycles. The Morgan fingerprint density at radius 2 is 1.46 bits per heavy atom. The van der Waals surface area contributed by atoms with Gasteiger partial charge >= 0.3 is 0 Å².